The van der Waals surface area contributed by atoms with Gasteiger partial charge in [0.05, 0.1) is 0 Å². The topological polar surface area (TPSA) is 84.2 Å². The molecule has 0 spiro atoms. The molecular formula is C17H24ClN3O2. The van der Waals surface area contributed by atoms with Crippen molar-refractivity contribution >= 4 is 29.9 Å². The maximum Gasteiger partial charge on any atom is 0.251 e. The lowest BCUT2D eigenvalue weighted by molar-refractivity contribution is -0.117. The standard InChI is InChI=1S/C17H23N3O2.ClH/c18-10-13-2-1-3-15(13)20-17(22)12-6-8-14(9-7-12)19-16(21)11-4-5-11;/h6-9,11,13,15H,1-5,10,18H2,(H,19,21)(H,20,22);1H. The van der Waals surface area contributed by atoms with Crippen molar-refractivity contribution in [1.29, 1.82) is 0 Å². The van der Waals surface area contributed by atoms with E-state index in [0.717, 1.165) is 37.8 Å². The molecule has 0 aromatic heterocycles. The molecule has 2 atom stereocenters. The minimum atomic E-state index is -0.0644. The van der Waals surface area contributed by atoms with Crippen LogP contribution < -0.4 is 16.4 Å². The van der Waals surface area contributed by atoms with Gasteiger partial charge in [0, 0.05) is 23.2 Å². The van der Waals surface area contributed by atoms with E-state index >= 15 is 0 Å². The zero-order valence-electron chi connectivity index (χ0n) is 13.1. The Morgan fingerprint density at radius 3 is 2.39 bits per heavy atom. The maximum atomic E-state index is 12.3. The normalized spacial score (nSPS) is 23.0. The van der Waals surface area contributed by atoms with Crippen molar-refractivity contribution in [3.05, 3.63) is 29.8 Å². The van der Waals surface area contributed by atoms with Crippen molar-refractivity contribution in [1.82, 2.24) is 5.32 Å². The van der Waals surface area contributed by atoms with Crippen molar-refractivity contribution in [3.8, 4) is 0 Å². The summed E-state index contributed by atoms with van der Waals surface area (Å²) in [4.78, 5) is 24.0. The minimum Gasteiger partial charge on any atom is -0.349 e. The molecule has 2 amide bonds. The van der Waals surface area contributed by atoms with Gasteiger partial charge in [0.25, 0.3) is 5.91 Å². The van der Waals surface area contributed by atoms with E-state index in [4.69, 9.17) is 5.73 Å². The van der Waals surface area contributed by atoms with Gasteiger partial charge >= 0.3 is 0 Å². The number of carbonyl (C=O) groups is 2. The summed E-state index contributed by atoms with van der Waals surface area (Å²) >= 11 is 0. The number of anilines is 1. The Bertz CT molecular complexity index is 557. The van der Waals surface area contributed by atoms with Crippen molar-refractivity contribution in [3.63, 3.8) is 0 Å². The van der Waals surface area contributed by atoms with Crippen LogP contribution >= 0.6 is 12.4 Å². The van der Waals surface area contributed by atoms with Crippen molar-refractivity contribution in [2.45, 2.75) is 38.1 Å². The second-order valence-electron chi connectivity index (χ2n) is 6.35. The molecule has 2 unspecified atom stereocenters. The molecule has 126 valence electrons. The molecular weight excluding hydrogens is 314 g/mol. The molecule has 1 aromatic carbocycles. The third-order valence-corrected chi connectivity index (χ3v) is 4.64. The van der Waals surface area contributed by atoms with Gasteiger partial charge in [-0.25, -0.2) is 0 Å². The number of carbonyl (C=O) groups excluding carboxylic acids is 2. The Kier molecular flexibility index (Phi) is 6.02. The maximum absolute atomic E-state index is 12.3. The zero-order chi connectivity index (χ0) is 15.5. The second-order valence-corrected chi connectivity index (χ2v) is 6.35. The van der Waals surface area contributed by atoms with Gasteiger partial charge < -0.3 is 16.4 Å². The molecule has 5 nitrogen and oxygen atoms in total. The summed E-state index contributed by atoms with van der Waals surface area (Å²) in [5.41, 5.74) is 7.11. The molecule has 0 bridgehead atoms. The van der Waals surface area contributed by atoms with Gasteiger partial charge in [-0.1, -0.05) is 6.42 Å². The Balaban J connectivity index is 0.00000192. The smallest absolute Gasteiger partial charge is 0.251 e. The van der Waals surface area contributed by atoms with Crippen LogP contribution in [0, 0.1) is 11.8 Å². The number of rotatable bonds is 5. The molecule has 1 aromatic rings. The van der Waals surface area contributed by atoms with Crippen molar-refractivity contribution in [2.24, 2.45) is 17.6 Å². The lowest BCUT2D eigenvalue weighted by Gasteiger charge is -2.19. The molecule has 0 aliphatic heterocycles. The predicted molar refractivity (Wildman–Crippen MR) is 92.7 cm³/mol. The van der Waals surface area contributed by atoms with Gasteiger partial charge in [0.15, 0.2) is 0 Å². The summed E-state index contributed by atoms with van der Waals surface area (Å²) in [7, 11) is 0. The lowest BCUT2D eigenvalue weighted by atomic mass is 10.0. The van der Waals surface area contributed by atoms with Gasteiger partial charge in [0.2, 0.25) is 5.91 Å². The Morgan fingerprint density at radius 1 is 1.09 bits per heavy atom. The van der Waals surface area contributed by atoms with Crippen LogP contribution in [-0.2, 0) is 4.79 Å². The van der Waals surface area contributed by atoms with Crippen LogP contribution in [0.5, 0.6) is 0 Å². The van der Waals surface area contributed by atoms with Crippen molar-refractivity contribution < 1.29 is 9.59 Å². The van der Waals surface area contributed by atoms with Crippen LogP contribution in [0.4, 0.5) is 5.69 Å². The first kappa shape index (κ1) is 17.8. The molecule has 4 N–H and O–H groups in total. The predicted octanol–water partition coefficient (Wildman–Crippen LogP) is 2.31. The summed E-state index contributed by atoms with van der Waals surface area (Å²) in [5.74, 6) is 0.582. The van der Waals surface area contributed by atoms with E-state index in [1.54, 1.807) is 24.3 Å². The Labute approximate surface area is 142 Å². The summed E-state index contributed by atoms with van der Waals surface area (Å²) in [6.07, 6.45) is 5.18. The van der Waals surface area contributed by atoms with E-state index in [-0.39, 0.29) is 36.2 Å². The van der Waals surface area contributed by atoms with Crippen LogP contribution in [-0.4, -0.2) is 24.4 Å². The van der Waals surface area contributed by atoms with Gasteiger partial charge in [-0.15, -0.1) is 12.4 Å². The van der Waals surface area contributed by atoms with E-state index < -0.39 is 0 Å². The van der Waals surface area contributed by atoms with E-state index in [9.17, 15) is 9.59 Å². The quantitative estimate of drug-likeness (QED) is 0.771. The highest BCUT2D eigenvalue weighted by molar-refractivity contribution is 5.96. The number of hydrogen-bond acceptors (Lipinski definition) is 3. The third-order valence-electron chi connectivity index (χ3n) is 4.64. The number of hydrogen-bond donors (Lipinski definition) is 3. The highest BCUT2D eigenvalue weighted by Gasteiger charge is 2.30. The minimum absolute atomic E-state index is 0. The summed E-state index contributed by atoms with van der Waals surface area (Å²) in [6, 6.07) is 7.26. The first-order chi connectivity index (χ1) is 10.7. The molecule has 3 rings (SSSR count). The fourth-order valence-corrected chi connectivity index (χ4v) is 3.06. The number of halogens is 1. The molecule has 0 saturated heterocycles. The van der Waals surface area contributed by atoms with Gasteiger partial charge in [-0.05, 0) is 62.4 Å². The van der Waals surface area contributed by atoms with Crippen molar-refractivity contribution in [2.75, 3.05) is 11.9 Å². The Morgan fingerprint density at radius 2 is 1.78 bits per heavy atom. The molecule has 2 aliphatic rings. The average Bonchev–Trinajstić information content (AvgIpc) is 3.29. The average molecular weight is 338 g/mol. The second kappa shape index (κ2) is 7.79. The van der Waals surface area contributed by atoms with Gasteiger partial charge in [-0.3, -0.25) is 9.59 Å². The molecule has 23 heavy (non-hydrogen) atoms. The first-order valence-electron chi connectivity index (χ1n) is 8.09. The van der Waals surface area contributed by atoms with Crippen LogP contribution in [0.3, 0.4) is 0 Å². The molecule has 2 fully saturated rings. The monoisotopic (exact) mass is 337 g/mol. The van der Waals surface area contributed by atoms with Gasteiger partial charge in [-0.2, -0.15) is 0 Å². The van der Waals surface area contributed by atoms with Crippen LogP contribution in [0.2, 0.25) is 0 Å². The zero-order valence-corrected chi connectivity index (χ0v) is 13.9. The summed E-state index contributed by atoms with van der Waals surface area (Å²) < 4.78 is 0. The molecule has 0 radical (unpaired) electrons. The van der Waals surface area contributed by atoms with Crippen LogP contribution in [0.15, 0.2) is 24.3 Å². The van der Waals surface area contributed by atoms with E-state index in [0.29, 0.717) is 18.0 Å². The number of nitrogens with one attached hydrogen (secondary N) is 2. The Hall–Kier alpha value is -1.59. The van der Waals surface area contributed by atoms with E-state index in [1.165, 1.54) is 0 Å². The largest absolute Gasteiger partial charge is 0.349 e. The fraction of sp³-hybridized carbons (Fsp3) is 0.529. The fourth-order valence-electron chi connectivity index (χ4n) is 3.06. The molecule has 0 heterocycles. The molecule has 6 heteroatoms. The first-order valence-corrected chi connectivity index (χ1v) is 8.09. The lowest BCUT2D eigenvalue weighted by Crippen LogP contribution is -2.39. The number of amides is 2. The van der Waals surface area contributed by atoms with E-state index in [2.05, 4.69) is 10.6 Å². The molecule has 2 saturated carbocycles. The van der Waals surface area contributed by atoms with Gasteiger partial charge in [0.1, 0.15) is 0 Å². The highest BCUT2D eigenvalue weighted by Crippen LogP contribution is 2.30. The number of nitrogens with two attached hydrogens (primary N) is 1. The van der Waals surface area contributed by atoms with Crippen LogP contribution in [0.1, 0.15) is 42.5 Å². The summed E-state index contributed by atoms with van der Waals surface area (Å²) in [6.45, 7) is 0.622. The summed E-state index contributed by atoms with van der Waals surface area (Å²) in [5, 5.41) is 5.95. The highest BCUT2D eigenvalue weighted by atomic mass is 35.5. The third kappa shape index (κ3) is 4.45. The molecule has 2 aliphatic carbocycles. The SMILES string of the molecule is Cl.NCC1CCCC1NC(=O)c1ccc(NC(=O)C2CC2)cc1. The number of benzene rings is 1. The van der Waals surface area contributed by atoms with Crippen LogP contribution in [0.25, 0.3) is 0 Å². The van der Waals surface area contributed by atoms with E-state index in [1.807, 2.05) is 0 Å².